The summed E-state index contributed by atoms with van der Waals surface area (Å²) in [5, 5.41) is 0. The van der Waals surface area contributed by atoms with Crippen LogP contribution in [0.3, 0.4) is 0 Å². The van der Waals surface area contributed by atoms with E-state index in [4.69, 9.17) is 0 Å². The molecule has 0 aliphatic heterocycles. The van der Waals surface area contributed by atoms with Crippen LogP contribution in [0.15, 0.2) is 30.4 Å². The first-order valence-corrected chi connectivity index (χ1v) is 8.04. The maximum Gasteiger partial charge on any atom is 0.194 e. The van der Waals surface area contributed by atoms with Gasteiger partial charge in [-0.2, -0.15) is 0 Å². The van der Waals surface area contributed by atoms with Crippen molar-refractivity contribution < 1.29 is 13.2 Å². The lowest BCUT2D eigenvalue weighted by Gasteiger charge is -2.39. The summed E-state index contributed by atoms with van der Waals surface area (Å²) in [6.45, 7) is 2.26. The summed E-state index contributed by atoms with van der Waals surface area (Å²) in [5.41, 5.74) is 1.30. The highest BCUT2D eigenvalue weighted by Crippen LogP contribution is 2.45. The predicted molar refractivity (Wildman–Crippen MR) is 82.7 cm³/mol. The van der Waals surface area contributed by atoms with Gasteiger partial charge in [0.05, 0.1) is 0 Å². The van der Waals surface area contributed by atoms with Crippen LogP contribution in [0, 0.1) is 28.8 Å². The van der Waals surface area contributed by atoms with E-state index in [1.807, 2.05) is 12.2 Å². The van der Waals surface area contributed by atoms with E-state index in [2.05, 4.69) is 13.0 Å². The molecule has 1 aromatic rings. The first-order chi connectivity index (χ1) is 10.5. The molecular weight excluding hydrogens is 285 g/mol. The Balaban J connectivity index is 1.81. The third kappa shape index (κ3) is 2.86. The van der Waals surface area contributed by atoms with Crippen molar-refractivity contribution in [3.63, 3.8) is 0 Å². The fourth-order valence-electron chi connectivity index (χ4n) is 3.75. The van der Waals surface area contributed by atoms with Gasteiger partial charge in [0.25, 0.3) is 0 Å². The molecule has 0 spiro atoms. The zero-order valence-electron chi connectivity index (χ0n) is 12.8. The van der Waals surface area contributed by atoms with Crippen LogP contribution in [0.5, 0.6) is 0 Å². The zero-order valence-corrected chi connectivity index (χ0v) is 12.8. The first-order valence-electron chi connectivity index (χ1n) is 8.04. The number of hydrogen-bond acceptors (Lipinski definition) is 0. The van der Waals surface area contributed by atoms with Gasteiger partial charge in [-0.05, 0) is 53.9 Å². The molecule has 0 saturated heterocycles. The van der Waals surface area contributed by atoms with Gasteiger partial charge in [0.2, 0.25) is 0 Å². The van der Waals surface area contributed by atoms with E-state index in [-0.39, 0.29) is 5.41 Å². The van der Waals surface area contributed by atoms with E-state index in [0.29, 0.717) is 11.5 Å². The Morgan fingerprint density at radius 3 is 2.18 bits per heavy atom. The fourth-order valence-corrected chi connectivity index (χ4v) is 3.75. The molecule has 0 nitrogen and oxygen atoms in total. The Kier molecular flexibility index (Phi) is 4.16. The SMILES string of the molecule is CC1(C2CCCCC2)C=CC(c2cc(F)c(F)c(F)c2)=CC1. The number of halogens is 3. The van der Waals surface area contributed by atoms with Crippen LogP contribution in [-0.2, 0) is 0 Å². The minimum absolute atomic E-state index is 0.126. The highest BCUT2D eigenvalue weighted by Gasteiger charge is 2.33. The van der Waals surface area contributed by atoms with Gasteiger partial charge in [0.15, 0.2) is 17.5 Å². The van der Waals surface area contributed by atoms with Gasteiger partial charge < -0.3 is 0 Å². The average Bonchev–Trinajstić information content (AvgIpc) is 2.54. The van der Waals surface area contributed by atoms with Crippen molar-refractivity contribution >= 4 is 5.57 Å². The summed E-state index contributed by atoms with van der Waals surface area (Å²) in [7, 11) is 0. The fraction of sp³-hybridized carbons (Fsp3) is 0.474. The monoisotopic (exact) mass is 306 g/mol. The summed E-state index contributed by atoms with van der Waals surface area (Å²) >= 11 is 0. The lowest BCUT2D eigenvalue weighted by Crippen LogP contribution is -2.28. The molecule has 3 heteroatoms. The molecule has 0 bridgehead atoms. The molecule has 2 aliphatic rings. The summed E-state index contributed by atoms with van der Waals surface area (Å²) in [6.07, 6.45) is 13.4. The number of rotatable bonds is 2. The summed E-state index contributed by atoms with van der Waals surface area (Å²) in [5.74, 6) is -3.00. The molecule has 118 valence electrons. The van der Waals surface area contributed by atoms with Gasteiger partial charge in [0, 0.05) is 0 Å². The lowest BCUT2D eigenvalue weighted by atomic mass is 9.66. The van der Waals surface area contributed by atoms with Crippen molar-refractivity contribution in [1.82, 2.24) is 0 Å². The van der Waals surface area contributed by atoms with Gasteiger partial charge in [-0.15, -0.1) is 0 Å². The Morgan fingerprint density at radius 1 is 1.00 bits per heavy atom. The molecule has 2 aliphatic carbocycles. The third-order valence-corrected chi connectivity index (χ3v) is 5.26. The summed E-state index contributed by atoms with van der Waals surface area (Å²) < 4.78 is 39.8. The number of allylic oxidation sites excluding steroid dienone is 4. The summed E-state index contributed by atoms with van der Waals surface area (Å²) in [4.78, 5) is 0. The molecule has 0 heterocycles. The molecule has 0 radical (unpaired) electrons. The lowest BCUT2D eigenvalue weighted by molar-refractivity contribution is 0.191. The molecular formula is C19H21F3. The molecule has 1 unspecified atom stereocenters. The highest BCUT2D eigenvalue weighted by molar-refractivity contribution is 5.75. The molecule has 1 atom stereocenters. The first kappa shape index (κ1) is 15.4. The van der Waals surface area contributed by atoms with Crippen molar-refractivity contribution in [3.8, 4) is 0 Å². The van der Waals surface area contributed by atoms with Gasteiger partial charge >= 0.3 is 0 Å². The summed E-state index contributed by atoms with van der Waals surface area (Å²) in [6, 6.07) is 2.13. The molecule has 3 rings (SSSR count). The minimum atomic E-state index is -1.41. The zero-order chi connectivity index (χ0) is 15.7. The van der Waals surface area contributed by atoms with Crippen LogP contribution in [0.25, 0.3) is 5.57 Å². The van der Waals surface area contributed by atoms with E-state index >= 15 is 0 Å². The molecule has 1 aromatic carbocycles. The number of hydrogen-bond donors (Lipinski definition) is 0. The molecule has 22 heavy (non-hydrogen) atoms. The molecule has 1 fully saturated rings. The topological polar surface area (TPSA) is 0 Å². The second-order valence-corrected chi connectivity index (χ2v) is 6.79. The van der Waals surface area contributed by atoms with Crippen molar-refractivity contribution in [1.29, 1.82) is 0 Å². The molecule has 0 N–H and O–H groups in total. The predicted octanol–water partition coefficient (Wildman–Crippen LogP) is 6.03. The standard InChI is InChI=1S/C19H21F3/c1-19(15-5-3-2-4-6-15)9-7-13(8-10-19)14-11-16(20)18(22)17(21)12-14/h7-9,11-12,15H,2-6,10H2,1H3. The van der Waals surface area contributed by atoms with Crippen LogP contribution in [0.1, 0.15) is 51.0 Å². The molecule has 1 saturated carbocycles. The minimum Gasteiger partial charge on any atom is -0.204 e. The van der Waals surface area contributed by atoms with Crippen molar-refractivity contribution in [2.45, 2.75) is 45.4 Å². The van der Waals surface area contributed by atoms with E-state index < -0.39 is 17.5 Å². The van der Waals surface area contributed by atoms with Gasteiger partial charge in [-0.1, -0.05) is 44.4 Å². The van der Waals surface area contributed by atoms with Crippen molar-refractivity contribution in [2.24, 2.45) is 11.3 Å². The van der Waals surface area contributed by atoms with Gasteiger partial charge in [0.1, 0.15) is 0 Å². The van der Waals surface area contributed by atoms with Gasteiger partial charge in [-0.3, -0.25) is 0 Å². The van der Waals surface area contributed by atoms with Gasteiger partial charge in [-0.25, -0.2) is 13.2 Å². The van der Waals surface area contributed by atoms with E-state index in [1.54, 1.807) is 0 Å². The maximum atomic E-state index is 13.4. The van der Waals surface area contributed by atoms with E-state index in [0.717, 1.165) is 24.1 Å². The Morgan fingerprint density at radius 2 is 1.64 bits per heavy atom. The Labute approximate surface area is 129 Å². The van der Waals surface area contributed by atoms with Crippen LogP contribution in [0.4, 0.5) is 13.2 Å². The maximum absolute atomic E-state index is 13.4. The average molecular weight is 306 g/mol. The van der Waals surface area contributed by atoms with Crippen molar-refractivity contribution in [2.75, 3.05) is 0 Å². The van der Waals surface area contributed by atoms with Crippen LogP contribution in [0.2, 0.25) is 0 Å². The van der Waals surface area contributed by atoms with Crippen LogP contribution in [-0.4, -0.2) is 0 Å². The molecule has 0 aromatic heterocycles. The second-order valence-electron chi connectivity index (χ2n) is 6.79. The van der Waals surface area contributed by atoms with Crippen molar-refractivity contribution in [3.05, 3.63) is 53.4 Å². The highest BCUT2D eigenvalue weighted by atomic mass is 19.2. The van der Waals surface area contributed by atoms with E-state index in [1.165, 1.54) is 32.1 Å². The van der Waals surface area contributed by atoms with Crippen LogP contribution < -0.4 is 0 Å². The molecule has 0 amide bonds. The van der Waals surface area contributed by atoms with Crippen LogP contribution >= 0.6 is 0 Å². The Hall–Kier alpha value is -1.51. The second kappa shape index (κ2) is 5.94. The Bertz CT molecular complexity index is 601. The third-order valence-electron chi connectivity index (χ3n) is 5.26. The van der Waals surface area contributed by atoms with E-state index in [9.17, 15) is 13.2 Å². The normalized spacial score (nSPS) is 26.1. The largest absolute Gasteiger partial charge is 0.204 e. The smallest absolute Gasteiger partial charge is 0.194 e. The quantitative estimate of drug-likeness (QED) is 0.585. The number of benzene rings is 1.